The van der Waals surface area contributed by atoms with Crippen molar-refractivity contribution in [3.63, 3.8) is 0 Å². The summed E-state index contributed by atoms with van der Waals surface area (Å²) < 4.78 is 17.1. The molecule has 1 fully saturated rings. The van der Waals surface area contributed by atoms with Crippen molar-refractivity contribution in [2.75, 3.05) is 20.8 Å². The van der Waals surface area contributed by atoms with Gasteiger partial charge in [0.2, 0.25) is 11.8 Å². The molecule has 1 unspecified atom stereocenters. The van der Waals surface area contributed by atoms with Crippen molar-refractivity contribution >= 4 is 11.3 Å². The molecule has 4 rings (SSSR count). The highest BCUT2D eigenvalue weighted by Gasteiger charge is 2.29. The lowest BCUT2D eigenvalue weighted by atomic mass is 10.0. The van der Waals surface area contributed by atoms with E-state index in [9.17, 15) is 0 Å². The van der Waals surface area contributed by atoms with Gasteiger partial charge in [-0.1, -0.05) is 18.6 Å². The van der Waals surface area contributed by atoms with Crippen molar-refractivity contribution < 1.29 is 13.9 Å². The van der Waals surface area contributed by atoms with E-state index in [1.165, 1.54) is 0 Å². The van der Waals surface area contributed by atoms with Crippen LogP contribution in [0.4, 0.5) is 0 Å². The van der Waals surface area contributed by atoms with Gasteiger partial charge in [0.15, 0.2) is 11.5 Å². The number of piperidine rings is 1. The minimum absolute atomic E-state index is 0.120. The summed E-state index contributed by atoms with van der Waals surface area (Å²) in [6.45, 7) is 1.74. The predicted molar refractivity (Wildman–Crippen MR) is 104 cm³/mol. The van der Waals surface area contributed by atoms with Gasteiger partial charge in [-0.3, -0.25) is 4.90 Å². The Balaban J connectivity index is 1.59. The number of aromatic nitrogens is 2. The molecule has 0 radical (unpaired) electrons. The molecule has 3 aromatic rings. The summed E-state index contributed by atoms with van der Waals surface area (Å²) in [5.41, 5.74) is 2.08. The van der Waals surface area contributed by atoms with E-state index in [0.717, 1.165) is 55.0 Å². The molecule has 0 spiro atoms. The zero-order valence-electron chi connectivity index (χ0n) is 15.6. The Morgan fingerprint density at radius 2 is 2.11 bits per heavy atom. The molecule has 1 aliphatic heterocycles. The fourth-order valence-corrected chi connectivity index (χ4v) is 4.26. The van der Waals surface area contributed by atoms with E-state index in [1.54, 1.807) is 25.6 Å². The maximum Gasteiger partial charge on any atom is 0.248 e. The summed E-state index contributed by atoms with van der Waals surface area (Å²) >= 11 is 1.63. The molecule has 0 aliphatic carbocycles. The number of rotatable bonds is 6. The molecular formula is C20H23N3O3S. The van der Waals surface area contributed by atoms with E-state index in [4.69, 9.17) is 13.9 Å². The smallest absolute Gasteiger partial charge is 0.248 e. The molecule has 2 aromatic heterocycles. The van der Waals surface area contributed by atoms with Gasteiger partial charge in [0.05, 0.1) is 20.3 Å². The first-order valence-corrected chi connectivity index (χ1v) is 10.0. The largest absolute Gasteiger partial charge is 0.493 e. The quantitative estimate of drug-likeness (QED) is 0.621. The van der Waals surface area contributed by atoms with Crippen LogP contribution in [0.15, 0.2) is 39.4 Å². The van der Waals surface area contributed by atoms with Gasteiger partial charge in [0, 0.05) is 23.1 Å². The van der Waals surface area contributed by atoms with Crippen LogP contribution >= 0.6 is 11.3 Å². The second-order valence-electron chi connectivity index (χ2n) is 6.59. The zero-order chi connectivity index (χ0) is 18.6. The van der Waals surface area contributed by atoms with Crippen molar-refractivity contribution in [1.29, 1.82) is 0 Å². The minimum Gasteiger partial charge on any atom is -0.493 e. The third-order valence-electron chi connectivity index (χ3n) is 4.97. The van der Waals surface area contributed by atoms with Gasteiger partial charge in [0.1, 0.15) is 0 Å². The van der Waals surface area contributed by atoms with Crippen LogP contribution in [-0.2, 0) is 6.54 Å². The predicted octanol–water partition coefficient (Wildman–Crippen LogP) is 4.54. The number of hydrogen-bond acceptors (Lipinski definition) is 7. The average Bonchev–Trinajstić information content (AvgIpc) is 3.40. The van der Waals surface area contributed by atoms with Crippen LogP contribution in [0.3, 0.4) is 0 Å². The Morgan fingerprint density at radius 3 is 2.89 bits per heavy atom. The molecule has 0 amide bonds. The number of hydrogen-bond donors (Lipinski definition) is 0. The van der Waals surface area contributed by atoms with Gasteiger partial charge in [0.25, 0.3) is 0 Å². The van der Waals surface area contributed by atoms with Crippen molar-refractivity contribution in [3.8, 4) is 23.0 Å². The maximum atomic E-state index is 6.02. The average molecular weight is 385 g/mol. The Hall–Kier alpha value is -2.38. The van der Waals surface area contributed by atoms with Crippen molar-refractivity contribution in [3.05, 3.63) is 46.5 Å². The van der Waals surface area contributed by atoms with Crippen molar-refractivity contribution in [1.82, 2.24) is 15.1 Å². The van der Waals surface area contributed by atoms with Crippen molar-refractivity contribution in [2.24, 2.45) is 0 Å². The minimum atomic E-state index is 0.120. The van der Waals surface area contributed by atoms with Gasteiger partial charge >= 0.3 is 0 Å². The van der Waals surface area contributed by atoms with E-state index in [0.29, 0.717) is 11.8 Å². The summed E-state index contributed by atoms with van der Waals surface area (Å²) in [6, 6.07) is 8.12. The number of para-hydroxylation sites is 1. The molecule has 7 heteroatoms. The highest BCUT2D eigenvalue weighted by molar-refractivity contribution is 7.08. The molecule has 142 valence electrons. The summed E-state index contributed by atoms with van der Waals surface area (Å²) in [5.74, 6) is 2.82. The maximum absolute atomic E-state index is 6.02. The lowest BCUT2D eigenvalue weighted by Gasteiger charge is -2.33. The summed E-state index contributed by atoms with van der Waals surface area (Å²) in [6.07, 6.45) is 3.33. The molecular weight excluding hydrogens is 362 g/mol. The van der Waals surface area contributed by atoms with Crippen LogP contribution in [-0.4, -0.2) is 35.9 Å². The first kappa shape index (κ1) is 18.0. The molecule has 6 nitrogen and oxygen atoms in total. The third-order valence-corrected chi connectivity index (χ3v) is 5.65. The van der Waals surface area contributed by atoms with E-state index in [1.807, 2.05) is 29.0 Å². The Morgan fingerprint density at radius 1 is 1.19 bits per heavy atom. The highest BCUT2D eigenvalue weighted by Crippen LogP contribution is 2.37. The number of thiophene rings is 1. The molecule has 1 aromatic carbocycles. The van der Waals surface area contributed by atoms with Gasteiger partial charge in [-0.15, -0.1) is 10.2 Å². The standard InChI is InChI=1S/C20H23N3O3S/c1-24-17-8-5-6-14(18(17)25-2)12-23-10-4-3-7-16(23)20-22-21-19(26-20)15-9-11-27-13-15/h5-6,8-9,11,13,16H,3-4,7,10,12H2,1-2H3. The molecule has 1 saturated heterocycles. The van der Waals surface area contributed by atoms with Crippen LogP contribution in [0.25, 0.3) is 11.5 Å². The normalized spacial score (nSPS) is 17.8. The van der Waals surface area contributed by atoms with Gasteiger partial charge < -0.3 is 13.9 Å². The lowest BCUT2D eigenvalue weighted by molar-refractivity contribution is 0.117. The number of methoxy groups -OCH3 is 2. The Kier molecular flexibility index (Phi) is 5.40. The second kappa shape index (κ2) is 8.10. The van der Waals surface area contributed by atoms with E-state index in [-0.39, 0.29) is 6.04 Å². The van der Waals surface area contributed by atoms with Crippen LogP contribution in [0, 0.1) is 0 Å². The van der Waals surface area contributed by atoms with E-state index in [2.05, 4.69) is 21.2 Å². The van der Waals surface area contributed by atoms with Crippen LogP contribution in [0.5, 0.6) is 11.5 Å². The topological polar surface area (TPSA) is 60.6 Å². The molecule has 1 atom stereocenters. The molecule has 1 aliphatic rings. The Bertz CT molecular complexity index is 878. The van der Waals surface area contributed by atoms with E-state index < -0.39 is 0 Å². The fourth-order valence-electron chi connectivity index (χ4n) is 3.63. The Labute approximate surface area is 162 Å². The monoisotopic (exact) mass is 385 g/mol. The van der Waals surface area contributed by atoms with Crippen LogP contribution < -0.4 is 9.47 Å². The molecule has 0 bridgehead atoms. The summed E-state index contributed by atoms with van der Waals surface area (Å²) in [4.78, 5) is 2.39. The first-order valence-electron chi connectivity index (χ1n) is 9.10. The number of ether oxygens (including phenoxy) is 2. The van der Waals surface area contributed by atoms with Gasteiger partial charge in [-0.2, -0.15) is 11.3 Å². The number of benzene rings is 1. The SMILES string of the molecule is COc1cccc(CN2CCCCC2c2nnc(-c3ccsc3)o2)c1OC. The van der Waals surface area contributed by atoms with Gasteiger partial charge in [-0.05, 0) is 36.9 Å². The zero-order valence-corrected chi connectivity index (χ0v) is 16.4. The first-order chi connectivity index (χ1) is 13.3. The van der Waals surface area contributed by atoms with Gasteiger partial charge in [-0.25, -0.2) is 0 Å². The fraction of sp³-hybridized carbons (Fsp3) is 0.400. The molecule has 3 heterocycles. The third kappa shape index (κ3) is 3.70. The van der Waals surface area contributed by atoms with E-state index >= 15 is 0 Å². The number of likely N-dealkylation sites (tertiary alicyclic amines) is 1. The number of nitrogens with zero attached hydrogens (tertiary/aromatic N) is 3. The lowest BCUT2D eigenvalue weighted by Crippen LogP contribution is -2.33. The molecule has 27 heavy (non-hydrogen) atoms. The second-order valence-corrected chi connectivity index (χ2v) is 7.37. The van der Waals surface area contributed by atoms with Crippen LogP contribution in [0.1, 0.15) is 36.8 Å². The summed E-state index contributed by atoms with van der Waals surface area (Å²) in [7, 11) is 3.34. The summed E-state index contributed by atoms with van der Waals surface area (Å²) in [5, 5.41) is 12.6. The molecule has 0 N–H and O–H groups in total. The van der Waals surface area contributed by atoms with Crippen molar-refractivity contribution in [2.45, 2.75) is 31.8 Å². The highest BCUT2D eigenvalue weighted by atomic mass is 32.1. The molecule has 0 saturated carbocycles. The van der Waals surface area contributed by atoms with Crippen LogP contribution in [0.2, 0.25) is 0 Å².